The minimum absolute atomic E-state index is 0.177. The van der Waals surface area contributed by atoms with Gasteiger partial charge in [0.1, 0.15) is 0 Å². The summed E-state index contributed by atoms with van der Waals surface area (Å²) in [6, 6.07) is 8.04. The lowest BCUT2D eigenvalue weighted by atomic mass is 10.1. The average molecular weight is 289 g/mol. The van der Waals surface area contributed by atoms with Gasteiger partial charge in [0.05, 0.1) is 0 Å². The van der Waals surface area contributed by atoms with Gasteiger partial charge in [0.15, 0.2) is 0 Å². The first-order valence-electron chi connectivity index (χ1n) is 7.98. The molecule has 1 aromatic rings. The number of nitrogens with one attached hydrogen (secondary N) is 1. The maximum Gasteiger partial charge on any atom is 0.254 e. The first-order valence-corrected chi connectivity index (χ1v) is 7.98. The molecular formula is C17H27N3O. The molecular weight excluding hydrogens is 262 g/mol. The predicted octanol–water partition coefficient (Wildman–Crippen LogP) is 1.96. The molecule has 1 heterocycles. The molecule has 0 unspecified atom stereocenters. The van der Waals surface area contributed by atoms with Crippen LogP contribution in [-0.4, -0.2) is 55.5 Å². The highest BCUT2D eigenvalue weighted by Gasteiger charge is 2.20. The first-order chi connectivity index (χ1) is 10.2. The number of carbonyl (C=O) groups is 1. The van der Waals surface area contributed by atoms with Crippen molar-refractivity contribution in [2.75, 3.05) is 39.8 Å². The zero-order valence-corrected chi connectivity index (χ0v) is 13.3. The number of benzene rings is 1. The standard InChI is InChI=1S/C17H27N3O/c1-3-4-11-19(2)14-15-7-5-6-8-16(15)17(21)20-12-9-18-10-13-20/h5-8,18H,3-4,9-14H2,1-2H3. The maximum absolute atomic E-state index is 12.7. The molecule has 0 radical (unpaired) electrons. The SMILES string of the molecule is CCCCN(C)Cc1ccccc1C(=O)N1CCNCC1. The van der Waals surface area contributed by atoms with Gasteiger partial charge in [-0.2, -0.15) is 0 Å². The van der Waals surface area contributed by atoms with Crippen LogP contribution in [0.5, 0.6) is 0 Å². The van der Waals surface area contributed by atoms with Crippen molar-refractivity contribution in [2.24, 2.45) is 0 Å². The number of amides is 1. The summed E-state index contributed by atoms with van der Waals surface area (Å²) in [6.45, 7) is 7.52. The van der Waals surface area contributed by atoms with E-state index in [1.54, 1.807) is 0 Å². The van der Waals surface area contributed by atoms with E-state index in [0.29, 0.717) is 0 Å². The van der Waals surface area contributed by atoms with Crippen molar-refractivity contribution in [1.82, 2.24) is 15.1 Å². The van der Waals surface area contributed by atoms with Crippen LogP contribution in [-0.2, 0) is 6.54 Å². The largest absolute Gasteiger partial charge is 0.336 e. The first kappa shape index (κ1) is 16.0. The van der Waals surface area contributed by atoms with Gasteiger partial charge in [0.25, 0.3) is 5.91 Å². The number of nitrogens with zero attached hydrogens (tertiary/aromatic N) is 2. The van der Waals surface area contributed by atoms with E-state index in [1.807, 2.05) is 23.1 Å². The molecule has 21 heavy (non-hydrogen) atoms. The van der Waals surface area contributed by atoms with Gasteiger partial charge in [-0.1, -0.05) is 31.5 Å². The van der Waals surface area contributed by atoms with Crippen LogP contribution in [0.15, 0.2) is 24.3 Å². The Kier molecular flexibility index (Phi) is 6.21. The lowest BCUT2D eigenvalue weighted by Gasteiger charge is -2.28. The van der Waals surface area contributed by atoms with Crippen molar-refractivity contribution < 1.29 is 4.79 Å². The third kappa shape index (κ3) is 4.55. The second-order valence-corrected chi connectivity index (χ2v) is 5.79. The van der Waals surface area contributed by atoms with Crippen LogP contribution in [0.1, 0.15) is 35.7 Å². The van der Waals surface area contributed by atoms with E-state index in [-0.39, 0.29) is 5.91 Å². The lowest BCUT2D eigenvalue weighted by molar-refractivity contribution is 0.0733. The molecule has 0 saturated carbocycles. The van der Waals surface area contributed by atoms with E-state index in [9.17, 15) is 4.79 Å². The summed E-state index contributed by atoms with van der Waals surface area (Å²) in [7, 11) is 2.13. The smallest absolute Gasteiger partial charge is 0.254 e. The number of carbonyl (C=O) groups excluding carboxylic acids is 1. The molecule has 0 atom stereocenters. The molecule has 116 valence electrons. The van der Waals surface area contributed by atoms with Gasteiger partial charge in [0, 0.05) is 38.3 Å². The second kappa shape index (κ2) is 8.15. The Hall–Kier alpha value is -1.39. The molecule has 0 bridgehead atoms. The van der Waals surface area contributed by atoms with E-state index in [4.69, 9.17) is 0 Å². The lowest BCUT2D eigenvalue weighted by Crippen LogP contribution is -2.46. The zero-order valence-electron chi connectivity index (χ0n) is 13.3. The zero-order chi connectivity index (χ0) is 15.1. The van der Waals surface area contributed by atoms with Crippen molar-refractivity contribution >= 4 is 5.91 Å². The molecule has 0 aromatic heterocycles. The van der Waals surface area contributed by atoms with E-state index in [2.05, 4.69) is 30.3 Å². The molecule has 0 spiro atoms. The number of hydrogen-bond donors (Lipinski definition) is 1. The monoisotopic (exact) mass is 289 g/mol. The normalized spacial score (nSPS) is 15.5. The van der Waals surface area contributed by atoms with Crippen molar-refractivity contribution in [3.63, 3.8) is 0 Å². The summed E-state index contributed by atoms with van der Waals surface area (Å²) >= 11 is 0. The summed E-state index contributed by atoms with van der Waals surface area (Å²) in [5.74, 6) is 0.177. The molecule has 1 N–H and O–H groups in total. The summed E-state index contributed by atoms with van der Waals surface area (Å²) in [5, 5.41) is 3.29. The Morgan fingerprint density at radius 1 is 1.29 bits per heavy atom. The van der Waals surface area contributed by atoms with Gasteiger partial charge in [-0.3, -0.25) is 4.79 Å². The maximum atomic E-state index is 12.7. The number of piperazine rings is 1. The fourth-order valence-electron chi connectivity index (χ4n) is 2.70. The van der Waals surface area contributed by atoms with E-state index >= 15 is 0 Å². The van der Waals surface area contributed by atoms with Crippen molar-refractivity contribution in [1.29, 1.82) is 0 Å². The summed E-state index contributed by atoms with van der Waals surface area (Å²) in [5.41, 5.74) is 2.00. The summed E-state index contributed by atoms with van der Waals surface area (Å²) < 4.78 is 0. The topological polar surface area (TPSA) is 35.6 Å². The van der Waals surface area contributed by atoms with Gasteiger partial charge in [0.2, 0.25) is 0 Å². The number of rotatable bonds is 6. The van der Waals surface area contributed by atoms with Crippen LogP contribution in [0, 0.1) is 0 Å². The van der Waals surface area contributed by atoms with Crippen LogP contribution in [0.4, 0.5) is 0 Å². The Morgan fingerprint density at radius 3 is 2.71 bits per heavy atom. The van der Waals surface area contributed by atoms with Crippen molar-refractivity contribution in [3.8, 4) is 0 Å². The van der Waals surface area contributed by atoms with Gasteiger partial charge in [-0.05, 0) is 31.6 Å². The second-order valence-electron chi connectivity index (χ2n) is 5.79. The molecule has 4 heteroatoms. The number of unbranched alkanes of at least 4 members (excludes halogenated alkanes) is 1. The van der Waals surface area contributed by atoms with E-state index < -0.39 is 0 Å². The van der Waals surface area contributed by atoms with E-state index in [1.165, 1.54) is 12.8 Å². The minimum atomic E-state index is 0.177. The number of hydrogen-bond acceptors (Lipinski definition) is 3. The van der Waals surface area contributed by atoms with Gasteiger partial charge >= 0.3 is 0 Å². The third-order valence-corrected chi connectivity index (χ3v) is 3.99. The summed E-state index contributed by atoms with van der Waals surface area (Å²) in [4.78, 5) is 17.0. The minimum Gasteiger partial charge on any atom is -0.336 e. The fourth-order valence-corrected chi connectivity index (χ4v) is 2.70. The Balaban J connectivity index is 2.06. The van der Waals surface area contributed by atoms with Gasteiger partial charge in [-0.15, -0.1) is 0 Å². The van der Waals surface area contributed by atoms with Gasteiger partial charge in [-0.25, -0.2) is 0 Å². The van der Waals surface area contributed by atoms with Crippen LogP contribution in [0.25, 0.3) is 0 Å². The quantitative estimate of drug-likeness (QED) is 0.869. The molecule has 1 amide bonds. The Labute approximate surface area is 128 Å². The van der Waals surface area contributed by atoms with Crippen LogP contribution >= 0.6 is 0 Å². The molecule has 1 aromatic carbocycles. The molecule has 2 rings (SSSR count). The Bertz CT molecular complexity index is 455. The van der Waals surface area contributed by atoms with E-state index in [0.717, 1.165) is 50.4 Å². The Morgan fingerprint density at radius 2 is 2.00 bits per heavy atom. The highest BCUT2D eigenvalue weighted by atomic mass is 16.2. The molecule has 1 aliphatic rings. The van der Waals surface area contributed by atoms with Crippen LogP contribution < -0.4 is 5.32 Å². The molecule has 1 aliphatic heterocycles. The van der Waals surface area contributed by atoms with Crippen LogP contribution in [0.2, 0.25) is 0 Å². The molecule has 4 nitrogen and oxygen atoms in total. The molecule has 0 aliphatic carbocycles. The van der Waals surface area contributed by atoms with Crippen molar-refractivity contribution in [3.05, 3.63) is 35.4 Å². The van der Waals surface area contributed by atoms with Crippen LogP contribution in [0.3, 0.4) is 0 Å². The predicted molar refractivity (Wildman–Crippen MR) is 86.5 cm³/mol. The molecule has 1 saturated heterocycles. The fraction of sp³-hybridized carbons (Fsp3) is 0.588. The highest BCUT2D eigenvalue weighted by molar-refractivity contribution is 5.95. The van der Waals surface area contributed by atoms with Crippen molar-refractivity contribution in [2.45, 2.75) is 26.3 Å². The highest BCUT2D eigenvalue weighted by Crippen LogP contribution is 2.14. The summed E-state index contributed by atoms with van der Waals surface area (Å²) in [6.07, 6.45) is 2.40. The molecule has 1 fully saturated rings. The van der Waals surface area contributed by atoms with Gasteiger partial charge < -0.3 is 15.1 Å². The average Bonchev–Trinajstić information content (AvgIpc) is 2.53. The third-order valence-electron chi connectivity index (χ3n) is 3.99.